The van der Waals surface area contributed by atoms with Crippen LogP contribution < -0.4 is 15.8 Å². The third-order valence-electron chi connectivity index (χ3n) is 3.84. The van der Waals surface area contributed by atoms with Gasteiger partial charge in [-0.15, -0.1) is 12.4 Å². The van der Waals surface area contributed by atoms with Crippen LogP contribution in [-0.4, -0.2) is 25.4 Å². The number of nitrogens with zero attached hydrogens (tertiary/aromatic N) is 1. The number of aromatic nitrogens is 1. The van der Waals surface area contributed by atoms with E-state index in [1.165, 1.54) is 6.20 Å². The summed E-state index contributed by atoms with van der Waals surface area (Å²) < 4.78 is 26.8. The summed E-state index contributed by atoms with van der Waals surface area (Å²) >= 11 is 0. The largest absolute Gasteiger partial charge is 0.384 e. The minimum atomic E-state index is -3.44. The molecule has 4 N–H and O–H groups in total. The lowest BCUT2D eigenvalue weighted by atomic mass is 10.1. The van der Waals surface area contributed by atoms with Crippen LogP contribution in [0.25, 0.3) is 0 Å². The maximum Gasteiger partial charge on any atom is 0.240 e. The second-order valence-corrected chi connectivity index (χ2v) is 7.77. The Morgan fingerprint density at radius 1 is 1.15 bits per heavy atom. The van der Waals surface area contributed by atoms with Gasteiger partial charge in [-0.3, -0.25) is 4.79 Å². The molecular formula is C17H21ClN4O3S. The number of hydrogen-bond acceptors (Lipinski definition) is 5. The molecule has 7 nitrogen and oxygen atoms in total. The van der Waals surface area contributed by atoms with E-state index in [2.05, 4.69) is 15.0 Å². The molecule has 140 valence electrons. The Balaban J connectivity index is 0.00000243. The average Bonchev–Trinajstić information content (AvgIpc) is 3.39. The molecule has 1 fully saturated rings. The minimum absolute atomic E-state index is 0. The molecule has 26 heavy (non-hydrogen) atoms. The third kappa shape index (κ3) is 5.69. The number of rotatable bonds is 7. The zero-order valence-corrected chi connectivity index (χ0v) is 15.6. The van der Waals surface area contributed by atoms with Crippen LogP contribution in [0.1, 0.15) is 24.8 Å². The molecule has 0 aliphatic heterocycles. The summed E-state index contributed by atoms with van der Waals surface area (Å²) in [6.07, 6.45) is 4.10. The number of nitrogens with one attached hydrogen (secondary N) is 2. The van der Waals surface area contributed by atoms with Gasteiger partial charge in [0.05, 0.1) is 16.8 Å². The van der Waals surface area contributed by atoms with Crippen molar-refractivity contribution in [1.29, 1.82) is 0 Å². The number of halogens is 1. The molecule has 0 radical (unpaired) electrons. The molecule has 1 saturated carbocycles. The summed E-state index contributed by atoms with van der Waals surface area (Å²) in [6, 6.07) is 10.00. The molecule has 0 unspecified atom stereocenters. The van der Waals surface area contributed by atoms with Gasteiger partial charge in [0, 0.05) is 12.5 Å². The number of nitrogen functional groups attached to an aromatic ring is 1. The van der Waals surface area contributed by atoms with Crippen LogP contribution in [0.2, 0.25) is 0 Å². The lowest BCUT2D eigenvalue weighted by molar-refractivity contribution is -0.116. The zero-order chi connectivity index (χ0) is 17.9. The molecule has 3 rings (SSSR count). The van der Waals surface area contributed by atoms with Gasteiger partial charge >= 0.3 is 0 Å². The van der Waals surface area contributed by atoms with E-state index >= 15 is 0 Å². The van der Waals surface area contributed by atoms with Crippen LogP contribution in [0.4, 0.5) is 11.5 Å². The predicted molar refractivity (Wildman–Crippen MR) is 103 cm³/mol. The maximum atomic E-state index is 12.1. The summed E-state index contributed by atoms with van der Waals surface area (Å²) in [5, 5.41) is 2.74. The highest BCUT2D eigenvalue weighted by molar-refractivity contribution is 7.89. The van der Waals surface area contributed by atoms with E-state index in [1.54, 1.807) is 36.4 Å². The van der Waals surface area contributed by atoms with Crippen molar-refractivity contribution in [3.05, 3.63) is 48.2 Å². The molecule has 1 heterocycles. The van der Waals surface area contributed by atoms with Gasteiger partial charge in [-0.05, 0) is 49.1 Å². The van der Waals surface area contributed by atoms with Crippen molar-refractivity contribution in [1.82, 2.24) is 9.71 Å². The van der Waals surface area contributed by atoms with E-state index in [9.17, 15) is 13.2 Å². The Bertz CT molecular complexity index is 851. The molecule has 0 saturated heterocycles. The van der Waals surface area contributed by atoms with Gasteiger partial charge in [-0.1, -0.05) is 12.1 Å². The van der Waals surface area contributed by atoms with Crippen molar-refractivity contribution in [3.8, 4) is 0 Å². The van der Waals surface area contributed by atoms with Crippen LogP contribution in [-0.2, 0) is 21.2 Å². The first-order chi connectivity index (χ1) is 11.9. The van der Waals surface area contributed by atoms with Gasteiger partial charge in [0.2, 0.25) is 15.9 Å². The van der Waals surface area contributed by atoms with E-state index in [0.29, 0.717) is 17.9 Å². The Morgan fingerprint density at radius 2 is 1.85 bits per heavy atom. The normalized spacial score (nSPS) is 13.7. The van der Waals surface area contributed by atoms with Gasteiger partial charge in [0.1, 0.15) is 5.82 Å². The van der Waals surface area contributed by atoms with E-state index in [4.69, 9.17) is 5.73 Å². The number of nitrogens with two attached hydrogens (primary N) is 1. The smallest absolute Gasteiger partial charge is 0.240 e. The van der Waals surface area contributed by atoms with Crippen molar-refractivity contribution in [2.45, 2.75) is 36.6 Å². The van der Waals surface area contributed by atoms with E-state index in [1.807, 2.05) is 0 Å². The Hall–Kier alpha value is -2.16. The number of pyridine rings is 1. The number of carbonyl (C=O) groups excluding carboxylic acids is 1. The molecule has 0 atom stereocenters. The van der Waals surface area contributed by atoms with E-state index in [-0.39, 0.29) is 35.7 Å². The van der Waals surface area contributed by atoms with Gasteiger partial charge in [-0.2, -0.15) is 0 Å². The Labute approximate surface area is 158 Å². The lowest BCUT2D eigenvalue weighted by Crippen LogP contribution is -2.25. The topological polar surface area (TPSA) is 114 Å². The van der Waals surface area contributed by atoms with Gasteiger partial charge in [0.25, 0.3) is 0 Å². The van der Waals surface area contributed by atoms with E-state index < -0.39 is 10.0 Å². The molecular weight excluding hydrogens is 376 g/mol. The molecule has 0 bridgehead atoms. The molecule has 1 aliphatic rings. The van der Waals surface area contributed by atoms with Crippen molar-refractivity contribution in [3.63, 3.8) is 0 Å². The van der Waals surface area contributed by atoms with Gasteiger partial charge in [0.15, 0.2) is 0 Å². The first-order valence-electron chi connectivity index (χ1n) is 8.05. The fourth-order valence-electron chi connectivity index (χ4n) is 2.28. The fourth-order valence-corrected chi connectivity index (χ4v) is 3.59. The molecule has 9 heteroatoms. The van der Waals surface area contributed by atoms with Crippen molar-refractivity contribution in [2.75, 3.05) is 11.1 Å². The zero-order valence-electron chi connectivity index (χ0n) is 14.0. The number of sulfonamides is 1. The lowest BCUT2D eigenvalue weighted by Gasteiger charge is -2.07. The minimum Gasteiger partial charge on any atom is -0.384 e. The third-order valence-corrected chi connectivity index (χ3v) is 5.38. The van der Waals surface area contributed by atoms with Crippen LogP contribution in [0.3, 0.4) is 0 Å². The van der Waals surface area contributed by atoms with Crippen molar-refractivity contribution < 1.29 is 13.2 Å². The molecule has 1 amide bonds. The highest BCUT2D eigenvalue weighted by Gasteiger charge is 2.27. The number of anilines is 2. The summed E-state index contributed by atoms with van der Waals surface area (Å²) in [4.78, 5) is 16.1. The Morgan fingerprint density at radius 3 is 2.42 bits per heavy atom. The van der Waals surface area contributed by atoms with Crippen LogP contribution in [0.15, 0.2) is 47.5 Å². The van der Waals surface area contributed by atoms with Crippen LogP contribution in [0, 0.1) is 0 Å². The molecule has 0 spiro atoms. The van der Waals surface area contributed by atoms with Gasteiger partial charge in [-0.25, -0.2) is 18.1 Å². The maximum absolute atomic E-state index is 12.1. The summed E-state index contributed by atoms with van der Waals surface area (Å²) in [7, 11) is -3.44. The fraction of sp³-hybridized carbons (Fsp3) is 0.294. The molecule has 1 aromatic carbocycles. The van der Waals surface area contributed by atoms with Crippen LogP contribution in [0.5, 0.6) is 0 Å². The first-order valence-corrected chi connectivity index (χ1v) is 9.53. The standard InChI is InChI=1S/C17H20N4O3S.ClH/c18-16-9-6-14(11-19-16)20-17(22)10-3-12-1-7-15(8-2-12)25(23,24)21-13-4-5-13;/h1-2,6-9,11,13,21H,3-5,10H2,(H2,18,19)(H,20,22);1H. The summed E-state index contributed by atoms with van der Waals surface area (Å²) in [6.45, 7) is 0. The number of benzene rings is 1. The average molecular weight is 397 g/mol. The molecule has 1 aromatic heterocycles. The second kappa shape index (κ2) is 8.48. The summed E-state index contributed by atoms with van der Waals surface area (Å²) in [5.41, 5.74) is 6.98. The number of hydrogen-bond donors (Lipinski definition) is 3. The number of carbonyl (C=O) groups is 1. The highest BCUT2D eigenvalue weighted by atomic mass is 35.5. The predicted octanol–water partition coefficient (Wildman–Crippen LogP) is 2.10. The van der Waals surface area contributed by atoms with Crippen molar-refractivity contribution in [2.24, 2.45) is 0 Å². The molecule has 1 aliphatic carbocycles. The monoisotopic (exact) mass is 396 g/mol. The highest BCUT2D eigenvalue weighted by Crippen LogP contribution is 2.22. The number of amides is 1. The van der Waals surface area contributed by atoms with E-state index in [0.717, 1.165) is 18.4 Å². The van der Waals surface area contributed by atoms with Crippen LogP contribution >= 0.6 is 12.4 Å². The first kappa shape index (κ1) is 20.2. The Kier molecular flexibility index (Phi) is 6.57. The van der Waals surface area contributed by atoms with Crippen molar-refractivity contribution >= 4 is 39.8 Å². The molecule has 2 aromatic rings. The SMILES string of the molecule is Cl.Nc1ccc(NC(=O)CCc2ccc(S(=O)(=O)NC3CC3)cc2)cn1. The van der Waals surface area contributed by atoms with Gasteiger partial charge < -0.3 is 11.1 Å². The summed E-state index contributed by atoms with van der Waals surface area (Å²) in [5.74, 6) is 0.253. The second-order valence-electron chi connectivity index (χ2n) is 6.06. The number of aryl methyl sites for hydroxylation is 1. The quantitative estimate of drug-likeness (QED) is 0.663.